The Morgan fingerprint density at radius 1 is 0.452 bits per heavy atom. The van der Waals surface area contributed by atoms with Gasteiger partial charge >= 0.3 is 38.6 Å². The molecular weight excluding hydrogens is 543 g/mol. The molecule has 0 atom stereocenters. The molecule has 162 valence electrons. The SMILES string of the molecule is Cc1ccc(C(=O)[O-])cc1.Cc1ccc(C(=O)[O-])cc1.Cc1ccc(C(=O)[O-])cc1.[Tb+3]. The summed E-state index contributed by atoms with van der Waals surface area (Å²) >= 11 is 0. The fourth-order valence-electron chi connectivity index (χ4n) is 2.07. The Hall–Kier alpha value is -2.64. The summed E-state index contributed by atoms with van der Waals surface area (Å²) in [6.07, 6.45) is 0. The van der Waals surface area contributed by atoms with Gasteiger partial charge in [0.1, 0.15) is 0 Å². The topological polar surface area (TPSA) is 120 Å². The number of carboxylic acids is 3. The Bertz CT molecular complexity index is 846. The molecule has 0 saturated heterocycles. The van der Waals surface area contributed by atoms with E-state index in [1.807, 2.05) is 20.8 Å². The Morgan fingerprint density at radius 2 is 0.613 bits per heavy atom. The third kappa shape index (κ3) is 11.4. The minimum atomic E-state index is -1.12. The number of benzene rings is 3. The molecule has 0 aliphatic carbocycles. The monoisotopic (exact) mass is 564 g/mol. The molecule has 0 bridgehead atoms. The van der Waals surface area contributed by atoms with Crippen molar-refractivity contribution in [2.24, 2.45) is 0 Å². The van der Waals surface area contributed by atoms with E-state index in [1.165, 1.54) is 36.4 Å². The molecular formula is C24H21O6Tb. The summed E-state index contributed by atoms with van der Waals surface area (Å²) in [5.74, 6) is -3.37. The normalized spacial score (nSPS) is 9.00. The number of aryl methyl sites for hydroxylation is 3. The van der Waals surface area contributed by atoms with Crippen molar-refractivity contribution in [3.05, 3.63) is 106 Å². The van der Waals surface area contributed by atoms with Crippen LogP contribution in [0.5, 0.6) is 0 Å². The maximum absolute atomic E-state index is 10.2. The Labute approximate surface area is 212 Å². The van der Waals surface area contributed by atoms with Crippen molar-refractivity contribution in [1.82, 2.24) is 0 Å². The molecule has 0 radical (unpaired) electrons. The van der Waals surface area contributed by atoms with Crippen molar-refractivity contribution in [3.8, 4) is 0 Å². The second-order valence-electron chi connectivity index (χ2n) is 6.46. The van der Waals surface area contributed by atoms with Crippen molar-refractivity contribution in [1.29, 1.82) is 0 Å². The number of aromatic carboxylic acids is 3. The van der Waals surface area contributed by atoms with Gasteiger partial charge in [0.25, 0.3) is 0 Å². The van der Waals surface area contributed by atoms with Crippen LogP contribution in [0.2, 0.25) is 0 Å². The van der Waals surface area contributed by atoms with Crippen molar-refractivity contribution in [2.45, 2.75) is 20.8 Å². The van der Waals surface area contributed by atoms with E-state index in [4.69, 9.17) is 0 Å². The summed E-state index contributed by atoms with van der Waals surface area (Å²) in [6, 6.07) is 19.6. The van der Waals surface area contributed by atoms with E-state index >= 15 is 0 Å². The molecule has 0 fully saturated rings. The first kappa shape index (κ1) is 28.4. The average molecular weight is 564 g/mol. The van der Waals surface area contributed by atoms with Crippen LogP contribution in [0.15, 0.2) is 72.8 Å². The first-order chi connectivity index (χ1) is 14.1. The number of hydrogen-bond acceptors (Lipinski definition) is 6. The fourth-order valence-corrected chi connectivity index (χ4v) is 2.07. The van der Waals surface area contributed by atoms with Gasteiger partial charge < -0.3 is 29.7 Å². The number of carbonyl (C=O) groups excluding carboxylic acids is 3. The smallest absolute Gasteiger partial charge is 0.545 e. The van der Waals surface area contributed by atoms with Gasteiger partial charge in [0, 0.05) is 0 Å². The average Bonchev–Trinajstić information content (AvgIpc) is 2.70. The zero-order valence-corrected chi connectivity index (χ0v) is 19.3. The first-order valence-electron chi connectivity index (χ1n) is 8.94. The van der Waals surface area contributed by atoms with Crippen LogP contribution in [0.4, 0.5) is 0 Å². The number of carboxylic acid groups (broad SMARTS) is 3. The molecule has 3 rings (SSSR count). The van der Waals surface area contributed by atoms with Crippen LogP contribution >= 0.6 is 0 Å². The summed E-state index contributed by atoms with van der Waals surface area (Å²) in [4.78, 5) is 30.6. The Morgan fingerprint density at radius 3 is 0.742 bits per heavy atom. The summed E-state index contributed by atoms with van der Waals surface area (Å²) in [5, 5.41) is 30.6. The molecule has 0 saturated carbocycles. The van der Waals surface area contributed by atoms with Gasteiger partial charge in [0.05, 0.1) is 17.9 Å². The van der Waals surface area contributed by atoms with E-state index in [2.05, 4.69) is 0 Å². The van der Waals surface area contributed by atoms with Gasteiger partial charge in [-0.25, -0.2) is 0 Å². The quantitative estimate of drug-likeness (QED) is 0.470. The van der Waals surface area contributed by atoms with Crippen LogP contribution < -0.4 is 15.3 Å². The first-order valence-corrected chi connectivity index (χ1v) is 8.94. The zero-order chi connectivity index (χ0) is 22.7. The van der Waals surface area contributed by atoms with Crippen molar-refractivity contribution < 1.29 is 68.3 Å². The fraction of sp³-hybridized carbons (Fsp3) is 0.125. The van der Waals surface area contributed by atoms with Crippen LogP contribution in [0.25, 0.3) is 0 Å². The predicted octanol–water partition coefficient (Wildman–Crippen LogP) is 1.08. The predicted molar refractivity (Wildman–Crippen MR) is 107 cm³/mol. The van der Waals surface area contributed by atoms with Crippen molar-refractivity contribution in [3.63, 3.8) is 0 Å². The van der Waals surface area contributed by atoms with Crippen molar-refractivity contribution >= 4 is 17.9 Å². The molecule has 0 spiro atoms. The van der Waals surface area contributed by atoms with Gasteiger partial charge in [-0.05, 0) is 37.5 Å². The van der Waals surface area contributed by atoms with E-state index in [1.54, 1.807) is 36.4 Å². The Balaban J connectivity index is 0.000000429. The van der Waals surface area contributed by atoms with E-state index < -0.39 is 17.9 Å². The third-order valence-electron chi connectivity index (χ3n) is 3.86. The van der Waals surface area contributed by atoms with E-state index in [9.17, 15) is 29.7 Å². The Kier molecular flexibility index (Phi) is 13.2. The largest absolute Gasteiger partial charge is 3.00 e. The van der Waals surface area contributed by atoms with Gasteiger partial charge in [-0.1, -0.05) is 89.5 Å². The molecule has 0 aromatic heterocycles. The van der Waals surface area contributed by atoms with Crippen LogP contribution in [-0.2, 0) is 0 Å². The van der Waals surface area contributed by atoms with Gasteiger partial charge in [-0.3, -0.25) is 0 Å². The molecule has 6 nitrogen and oxygen atoms in total. The van der Waals surface area contributed by atoms with Gasteiger partial charge in [-0.2, -0.15) is 0 Å². The third-order valence-corrected chi connectivity index (χ3v) is 3.86. The van der Waals surface area contributed by atoms with Crippen molar-refractivity contribution in [2.75, 3.05) is 0 Å². The number of hydrogen-bond donors (Lipinski definition) is 0. The molecule has 31 heavy (non-hydrogen) atoms. The van der Waals surface area contributed by atoms with E-state index in [-0.39, 0.29) is 55.3 Å². The number of carbonyl (C=O) groups is 3. The molecule has 0 aliphatic rings. The number of rotatable bonds is 3. The zero-order valence-electron chi connectivity index (χ0n) is 17.2. The molecule has 0 aliphatic heterocycles. The molecule has 0 N–H and O–H groups in total. The standard InChI is InChI=1S/3C8H8O2.Tb/c3*1-6-2-4-7(5-3-6)8(9)10;/h3*2-5H,1H3,(H,9,10);/q;;;+3/p-3. The molecule has 0 unspecified atom stereocenters. The minimum Gasteiger partial charge on any atom is -0.545 e. The van der Waals surface area contributed by atoms with E-state index in [0.717, 1.165) is 16.7 Å². The van der Waals surface area contributed by atoms with Crippen LogP contribution in [0.1, 0.15) is 47.8 Å². The van der Waals surface area contributed by atoms with Gasteiger partial charge in [0.15, 0.2) is 0 Å². The van der Waals surface area contributed by atoms with Crippen LogP contribution in [0, 0.1) is 59.4 Å². The maximum Gasteiger partial charge on any atom is 3.00 e. The van der Waals surface area contributed by atoms with Gasteiger partial charge in [-0.15, -0.1) is 0 Å². The van der Waals surface area contributed by atoms with Gasteiger partial charge in [0.2, 0.25) is 0 Å². The summed E-state index contributed by atoms with van der Waals surface area (Å²) in [7, 11) is 0. The summed E-state index contributed by atoms with van der Waals surface area (Å²) in [5.41, 5.74) is 3.82. The van der Waals surface area contributed by atoms with Crippen LogP contribution in [0.3, 0.4) is 0 Å². The second-order valence-corrected chi connectivity index (χ2v) is 6.46. The summed E-state index contributed by atoms with van der Waals surface area (Å²) in [6.45, 7) is 5.71. The molecule has 7 heteroatoms. The molecule has 0 amide bonds. The molecule has 3 aromatic rings. The molecule has 0 heterocycles. The van der Waals surface area contributed by atoms with Crippen LogP contribution in [-0.4, -0.2) is 17.9 Å². The minimum absolute atomic E-state index is 0. The second kappa shape index (κ2) is 14.4. The maximum atomic E-state index is 10.2. The summed E-state index contributed by atoms with van der Waals surface area (Å²) < 4.78 is 0. The van der Waals surface area contributed by atoms with E-state index in [0.29, 0.717) is 0 Å². The molecule has 3 aromatic carbocycles.